The first kappa shape index (κ1) is 26.3. The van der Waals surface area contributed by atoms with E-state index in [0.29, 0.717) is 18.7 Å². The number of anilines is 3. The number of alkyl halides is 3. The van der Waals surface area contributed by atoms with E-state index in [-0.39, 0.29) is 35.9 Å². The van der Waals surface area contributed by atoms with Gasteiger partial charge in [-0.15, -0.1) is 10.2 Å². The molecule has 2 aliphatic heterocycles. The van der Waals surface area contributed by atoms with Crippen molar-refractivity contribution in [3.8, 4) is 5.88 Å². The van der Waals surface area contributed by atoms with Gasteiger partial charge < -0.3 is 25.2 Å². The maximum Gasteiger partial charge on any atom is 0.408 e. The lowest BCUT2D eigenvalue weighted by molar-refractivity contribution is -0.149. The fourth-order valence-electron chi connectivity index (χ4n) is 4.03. The van der Waals surface area contributed by atoms with Gasteiger partial charge in [0.25, 0.3) is 5.91 Å². The van der Waals surface area contributed by atoms with Crippen molar-refractivity contribution in [3.63, 3.8) is 0 Å². The quantitative estimate of drug-likeness (QED) is 0.419. The van der Waals surface area contributed by atoms with Crippen molar-refractivity contribution in [2.45, 2.75) is 44.1 Å². The first-order valence-electron chi connectivity index (χ1n) is 11.6. The number of ether oxygens (including phenoxy) is 1. The maximum absolute atomic E-state index is 13.3. The van der Waals surface area contributed by atoms with Crippen molar-refractivity contribution in [3.05, 3.63) is 30.0 Å². The third-order valence-corrected chi connectivity index (χ3v) is 5.98. The number of carbonyl (C=O) groups excluding carboxylic acids is 2. The number of urea groups is 1. The van der Waals surface area contributed by atoms with Crippen molar-refractivity contribution in [2.75, 3.05) is 41.4 Å². The predicted octanol–water partition coefficient (Wildman–Crippen LogP) is 1.31. The van der Waals surface area contributed by atoms with Gasteiger partial charge in [0.05, 0.1) is 18.3 Å². The minimum Gasteiger partial charge on any atom is -0.474 e. The van der Waals surface area contributed by atoms with Crippen LogP contribution in [0.25, 0.3) is 0 Å². The Morgan fingerprint density at radius 1 is 1.24 bits per heavy atom. The van der Waals surface area contributed by atoms with Gasteiger partial charge >= 0.3 is 12.2 Å². The van der Waals surface area contributed by atoms with Crippen LogP contribution in [0.4, 0.5) is 35.3 Å². The van der Waals surface area contributed by atoms with Gasteiger partial charge in [0.15, 0.2) is 11.6 Å². The largest absolute Gasteiger partial charge is 0.474 e. The van der Waals surface area contributed by atoms with Gasteiger partial charge in [-0.05, 0) is 38.0 Å². The first-order chi connectivity index (χ1) is 17.6. The molecule has 15 heteroatoms. The van der Waals surface area contributed by atoms with Gasteiger partial charge in [-0.1, -0.05) is 0 Å². The number of fused-ring (bicyclic) bond motifs is 4. The molecule has 2 aliphatic rings. The molecule has 37 heavy (non-hydrogen) atoms. The molecule has 3 amide bonds. The van der Waals surface area contributed by atoms with E-state index in [0.717, 1.165) is 19.9 Å². The summed E-state index contributed by atoms with van der Waals surface area (Å²) in [5.41, 5.74) is 0.337. The number of hydrogen-bond acceptors (Lipinski definition) is 9. The van der Waals surface area contributed by atoms with Gasteiger partial charge in [-0.3, -0.25) is 15.0 Å². The first-order valence-corrected chi connectivity index (χ1v) is 11.6. The van der Waals surface area contributed by atoms with Crippen LogP contribution in [0.2, 0.25) is 0 Å². The maximum atomic E-state index is 13.3. The summed E-state index contributed by atoms with van der Waals surface area (Å²) in [5.74, 6) is -0.687. The van der Waals surface area contributed by atoms with Crippen LogP contribution in [0.5, 0.6) is 5.88 Å². The number of nitrogens with one attached hydrogen (secondary N) is 2. The molecule has 1 saturated heterocycles. The number of carbonyl (C=O) groups is 2. The molecular formula is C22H26F3N7O5. The summed E-state index contributed by atoms with van der Waals surface area (Å²) >= 11 is 0. The summed E-state index contributed by atoms with van der Waals surface area (Å²) in [6.45, 7) is 1.41. The average Bonchev–Trinajstić information content (AvgIpc) is 2.87. The summed E-state index contributed by atoms with van der Waals surface area (Å²) in [6, 6.07) is 2.81. The van der Waals surface area contributed by atoms with Crippen molar-refractivity contribution >= 4 is 29.3 Å². The van der Waals surface area contributed by atoms with Crippen molar-refractivity contribution in [1.82, 2.24) is 20.5 Å². The number of piperidine rings is 1. The summed E-state index contributed by atoms with van der Waals surface area (Å²) in [5, 5.41) is 30.4. The zero-order valence-electron chi connectivity index (χ0n) is 19.8. The zero-order chi connectivity index (χ0) is 26.7. The molecule has 4 rings (SSSR count). The van der Waals surface area contributed by atoms with Gasteiger partial charge in [-0.25, -0.2) is 9.78 Å². The molecule has 4 heterocycles. The molecule has 2 aromatic heterocycles. The Morgan fingerprint density at radius 2 is 2.03 bits per heavy atom. The van der Waals surface area contributed by atoms with E-state index >= 15 is 0 Å². The van der Waals surface area contributed by atoms with E-state index in [1.807, 2.05) is 10.2 Å². The van der Waals surface area contributed by atoms with Crippen LogP contribution < -0.4 is 25.2 Å². The Labute approximate surface area is 209 Å². The number of hydrogen-bond donors (Lipinski definition) is 4. The third-order valence-electron chi connectivity index (χ3n) is 5.98. The zero-order valence-corrected chi connectivity index (χ0v) is 19.8. The summed E-state index contributed by atoms with van der Waals surface area (Å²) in [6.07, 6.45) is -4.21. The minimum absolute atomic E-state index is 0.0714. The third kappa shape index (κ3) is 5.99. The second-order valence-corrected chi connectivity index (χ2v) is 8.72. The van der Waals surface area contributed by atoms with Gasteiger partial charge in [0, 0.05) is 19.2 Å². The normalized spacial score (nSPS) is 18.5. The average molecular weight is 525 g/mol. The fraction of sp³-hybridized carbons (Fsp3) is 0.500. The summed E-state index contributed by atoms with van der Waals surface area (Å²) in [4.78, 5) is 33.5. The standard InChI is InChI=1S/C22H26F3N7O5/c1-12(22(23,24)25)26-20(35)15-4-5-16-19(27-15)32(13-3-2-8-31(16)9-13)21(36)28-17-6-7-18(30-29-17)37-11-14(34)10-33/h4-7,12-14,33-34H,2-3,8-11H2,1H3,(H,26,35)(H,28,29,36)/t12?,13-,14?/m0/s1. The van der Waals surface area contributed by atoms with Crippen LogP contribution in [0.15, 0.2) is 24.3 Å². The molecule has 1 fully saturated rings. The monoisotopic (exact) mass is 525 g/mol. The van der Waals surface area contributed by atoms with Crippen LogP contribution in [0.3, 0.4) is 0 Å². The molecule has 2 bridgehead atoms. The fourth-order valence-corrected chi connectivity index (χ4v) is 4.03. The van der Waals surface area contributed by atoms with Crippen LogP contribution in [0, 0.1) is 0 Å². The lowest BCUT2D eigenvalue weighted by Gasteiger charge is -2.45. The molecule has 12 nitrogen and oxygen atoms in total. The molecule has 0 spiro atoms. The summed E-state index contributed by atoms with van der Waals surface area (Å²) < 4.78 is 43.9. The van der Waals surface area contributed by atoms with Crippen molar-refractivity contribution < 1.29 is 37.7 Å². The molecule has 0 aliphatic carbocycles. The highest BCUT2D eigenvalue weighted by Gasteiger charge is 2.40. The molecule has 2 unspecified atom stereocenters. The van der Waals surface area contributed by atoms with Crippen molar-refractivity contribution in [2.24, 2.45) is 0 Å². The number of aliphatic hydroxyl groups excluding tert-OH is 2. The molecular weight excluding hydrogens is 499 g/mol. The SMILES string of the molecule is CC(NC(=O)c1ccc2c(n1)N(C(=O)Nc1ccc(OCC(O)CO)nn1)[C@H]1CCCN2C1)C(F)(F)F. The molecule has 4 N–H and O–H groups in total. The molecule has 0 saturated carbocycles. The number of aromatic nitrogens is 3. The van der Waals surface area contributed by atoms with E-state index in [9.17, 15) is 27.9 Å². The molecule has 0 aromatic carbocycles. The Kier molecular flexibility index (Phi) is 7.63. The van der Waals surface area contributed by atoms with E-state index in [4.69, 9.17) is 9.84 Å². The second-order valence-electron chi connectivity index (χ2n) is 8.72. The Balaban J connectivity index is 1.54. The summed E-state index contributed by atoms with van der Waals surface area (Å²) in [7, 11) is 0. The molecule has 200 valence electrons. The van der Waals surface area contributed by atoms with Crippen LogP contribution in [-0.2, 0) is 0 Å². The van der Waals surface area contributed by atoms with E-state index in [1.165, 1.54) is 23.1 Å². The van der Waals surface area contributed by atoms with Crippen molar-refractivity contribution in [1.29, 1.82) is 0 Å². The number of aliphatic hydroxyl groups is 2. The van der Waals surface area contributed by atoms with Gasteiger partial charge in [-0.2, -0.15) is 13.2 Å². The smallest absolute Gasteiger partial charge is 0.408 e. The molecule has 2 aromatic rings. The number of pyridine rings is 1. The Morgan fingerprint density at radius 3 is 2.70 bits per heavy atom. The highest BCUT2D eigenvalue weighted by molar-refractivity contribution is 6.04. The lowest BCUT2D eigenvalue weighted by atomic mass is 9.99. The molecule has 3 atom stereocenters. The van der Waals surface area contributed by atoms with Crippen LogP contribution >= 0.6 is 0 Å². The number of halogens is 3. The van der Waals surface area contributed by atoms with E-state index in [2.05, 4.69) is 20.5 Å². The highest BCUT2D eigenvalue weighted by Crippen LogP contribution is 2.38. The number of amides is 3. The topological polar surface area (TPSA) is 153 Å². The number of rotatable bonds is 7. The van der Waals surface area contributed by atoms with Crippen LogP contribution in [0.1, 0.15) is 30.3 Å². The second kappa shape index (κ2) is 10.7. The Hall–Kier alpha value is -3.72. The lowest BCUT2D eigenvalue weighted by Crippen LogP contribution is -2.56. The van der Waals surface area contributed by atoms with Gasteiger partial charge in [0.2, 0.25) is 5.88 Å². The van der Waals surface area contributed by atoms with E-state index in [1.54, 1.807) is 6.07 Å². The number of nitrogens with zero attached hydrogens (tertiary/aromatic N) is 5. The predicted molar refractivity (Wildman–Crippen MR) is 125 cm³/mol. The van der Waals surface area contributed by atoms with Crippen LogP contribution in [-0.4, -0.2) is 88.0 Å². The van der Waals surface area contributed by atoms with E-state index < -0.39 is 36.9 Å². The highest BCUT2D eigenvalue weighted by atomic mass is 19.4. The molecule has 0 radical (unpaired) electrons. The minimum atomic E-state index is -4.61. The Bertz CT molecular complexity index is 1130. The van der Waals surface area contributed by atoms with Gasteiger partial charge in [0.1, 0.15) is 24.4 Å².